The van der Waals surface area contributed by atoms with Gasteiger partial charge in [-0.25, -0.2) is 4.99 Å². The summed E-state index contributed by atoms with van der Waals surface area (Å²) in [6.07, 6.45) is 0. The minimum absolute atomic E-state index is 0.0876. The number of benzene rings is 8. The molecular formula is C52H36N2. The molecule has 1 heterocycles. The van der Waals surface area contributed by atoms with Gasteiger partial charge >= 0.3 is 0 Å². The number of nitrogens with zero attached hydrogens (tertiary/aromatic N) is 2. The summed E-state index contributed by atoms with van der Waals surface area (Å²) in [5.74, 6) is 0.976. The van der Waals surface area contributed by atoms with Crippen LogP contribution in [0.15, 0.2) is 205 Å². The normalized spacial score (nSPS) is 16.2. The Kier molecular flexibility index (Phi) is 6.78. The Morgan fingerprint density at radius 3 is 1.52 bits per heavy atom. The third-order valence-electron chi connectivity index (χ3n) is 12.0. The maximum atomic E-state index is 5.73. The van der Waals surface area contributed by atoms with Crippen molar-refractivity contribution in [1.29, 1.82) is 0 Å². The lowest BCUT2D eigenvalue weighted by atomic mass is 9.66. The lowest BCUT2D eigenvalue weighted by Gasteiger charge is -2.43. The van der Waals surface area contributed by atoms with Crippen LogP contribution in [0.5, 0.6) is 0 Å². The van der Waals surface area contributed by atoms with Crippen molar-refractivity contribution < 1.29 is 0 Å². The van der Waals surface area contributed by atoms with Gasteiger partial charge in [-0.1, -0.05) is 194 Å². The average molecular weight is 689 g/mol. The molecule has 0 saturated carbocycles. The van der Waals surface area contributed by atoms with Gasteiger partial charge in [0.15, 0.2) is 0 Å². The van der Waals surface area contributed by atoms with Gasteiger partial charge in [-0.2, -0.15) is 0 Å². The molecule has 0 fully saturated rings. The van der Waals surface area contributed by atoms with E-state index in [1.807, 2.05) is 0 Å². The van der Waals surface area contributed by atoms with Crippen molar-refractivity contribution in [1.82, 2.24) is 4.90 Å². The zero-order valence-corrected chi connectivity index (χ0v) is 29.9. The predicted octanol–water partition coefficient (Wildman–Crippen LogP) is 12.3. The minimum atomic E-state index is -0.486. The van der Waals surface area contributed by atoms with E-state index in [4.69, 9.17) is 4.99 Å². The first kappa shape index (κ1) is 30.8. The fraction of sp³-hybridized carbons (Fsp3) is 0.0577. The highest BCUT2D eigenvalue weighted by Crippen LogP contribution is 2.66. The van der Waals surface area contributed by atoms with Crippen molar-refractivity contribution in [2.24, 2.45) is 4.99 Å². The maximum Gasteiger partial charge on any atom is 0.137 e. The number of amidine groups is 1. The van der Waals surface area contributed by atoms with Gasteiger partial charge in [-0.05, 0) is 66.4 Å². The molecule has 2 heteroatoms. The number of fused-ring (bicyclic) bond motifs is 10. The zero-order chi connectivity index (χ0) is 35.8. The summed E-state index contributed by atoms with van der Waals surface area (Å²) in [5.41, 5.74) is 17.0. The summed E-state index contributed by atoms with van der Waals surface area (Å²) in [4.78, 5) is 8.17. The van der Waals surface area contributed by atoms with Crippen LogP contribution >= 0.6 is 0 Å². The molecule has 8 aromatic rings. The zero-order valence-electron chi connectivity index (χ0n) is 29.9. The van der Waals surface area contributed by atoms with E-state index in [-0.39, 0.29) is 6.04 Å². The van der Waals surface area contributed by atoms with Crippen molar-refractivity contribution in [3.63, 3.8) is 0 Å². The average Bonchev–Trinajstić information content (AvgIpc) is 3.71. The van der Waals surface area contributed by atoms with Crippen molar-refractivity contribution in [2.75, 3.05) is 7.05 Å². The van der Waals surface area contributed by atoms with Gasteiger partial charge in [0.2, 0.25) is 0 Å². The lowest BCUT2D eigenvalue weighted by molar-refractivity contribution is 0.396. The first-order chi connectivity index (χ1) is 26.7. The van der Waals surface area contributed by atoms with Crippen molar-refractivity contribution in [3.8, 4) is 33.4 Å². The molecule has 1 aliphatic heterocycles. The SMILES string of the molecule is CN1C(c2ccc(-c3ccc(-c4ccccc4)cc3)cc2)=NC2=C(C1c1cccc3ccccc13)C1(c3ccccc32)c2ccccc2-c2ccccc21. The summed E-state index contributed by atoms with van der Waals surface area (Å²) >= 11 is 0. The molecule has 1 atom stereocenters. The highest BCUT2D eigenvalue weighted by atomic mass is 15.2. The molecule has 254 valence electrons. The van der Waals surface area contributed by atoms with Crippen LogP contribution in [0.3, 0.4) is 0 Å². The van der Waals surface area contributed by atoms with Crippen molar-refractivity contribution >= 4 is 22.3 Å². The molecular weight excluding hydrogens is 653 g/mol. The van der Waals surface area contributed by atoms with E-state index >= 15 is 0 Å². The number of rotatable bonds is 4. The fourth-order valence-corrected chi connectivity index (χ4v) is 9.67. The van der Waals surface area contributed by atoms with Gasteiger partial charge in [-0.15, -0.1) is 0 Å². The second kappa shape index (κ2) is 11.9. The number of aliphatic imine (C=N–C) groups is 1. The third-order valence-corrected chi connectivity index (χ3v) is 12.0. The molecule has 2 nitrogen and oxygen atoms in total. The first-order valence-electron chi connectivity index (χ1n) is 18.8. The Morgan fingerprint density at radius 1 is 0.426 bits per heavy atom. The summed E-state index contributed by atoms with van der Waals surface area (Å²) < 4.78 is 0. The molecule has 0 saturated heterocycles. The fourth-order valence-electron chi connectivity index (χ4n) is 9.67. The molecule has 3 aliphatic rings. The molecule has 1 unspecified atom stereocenters. The summed E-state index contributed by atoms with van der Waals surface area (Å²) in [7, 11) is 2.24. The molecule has 0 bridgehead atoms. The highest BCUT2D eigenvalue weighted by Gasteiger charge is 2.57. The van der Waals surface area contributed by atoms with Gasteiger partial charge in [0, 0.05) is 23.7 Å². The molecule has 0 amide bonds. The molecule has 11 rings (SSSR count). The Bertz CT molecular complexity index is 2770. The van der Waals surface area contributed by atoms with Crippen molar-refractivity contribution in [3.05, 3.63) is 233 Å². The van der Waals surface area contributed by atoms with Gasteiger partial charge < -0.3 is 4.90 Å². The van der Waals surface area contributed by atoms with Crippen LogP contribution in [-0.2, 0) is 5.41 Å². The first-order valence-corrected chi connectivity index (χ1v) is 18.8. The Hall–Kier alpha value is -6.77. The molecule has 0 aromatic heterocycles. The Morgan fingerprint density at radius 2 is 0.889 bits per heavy atom. The van der Waals surface area contributed by atoms with Crippen LogP contribution in [0, 0.1) is 0 Å². The van der Waals surface area contributed by atoms with E-state index in [2.05, 4.69) is 206 Å². The van der Waals surface area contributed by atoms with Crippen LogP contribution in [0.25, 0.3) is 49.9 Å². The second-order valence-corrected chi connectivity index (χ2v) is 14.7. The molecule has 1 spiro atoms. The lowest BCUT2D eigenvalue weighted by Crippen LogP contribution is -2.41. The number of hydrogen-bond donors (Lipinski definition) is 0. The second-order valence-electron chi connectivity index (χ2n) is 14.7. The van der Waals surface area contributed by atoms with Crippen LogP contribution in [-0.4, -0.2) is 17.8 Å². The molecule has 2 aliphatic carbocycles. The van der Waals surface area contributed by atoms with Gasteiger partial charge in [0.25, 0.3) is 0 Å². The Labute approximate surface area is 316 Å². The third kappa shape index (κ3) is 4.31. The van der Waals surface area contributed by atoms with Gasteiger partial charge in [0.05, 0.1) is 17.2 Å². The van der Waals surface area contributed by atoms with Crippen molar-refractivity contribution in [2.45, 2.75) is 11.5 Å². The summed E-state index contributed by atoms with van der Waals surface area (Å²) in [6, 6.07) is 71.0. The number of hydrogen-bond acceptors (Lipinski definition) is 2. The molecule has 0 N–H and O–H groups in total. The largest absolute Gasteiger partial charge is 0.348 e. The molecule has 54 heavy (non-hydrogen) atoms. The van der Waals surface area contributed by atoms with E-state index in [0.29, 0.717) is 0 Å². The summed E-state index contributed by atoms with van der Waals surface area (Å²) in [6.45, 7) is 0. The van der Waals surface area contributed by atoms with E-state index in [9.17, 15) is 0 Å². The molecule has 8 aromatic carbocycles. The van der Waals surface area contributed by atoms with Gasteiger partial charge in [0.1, 0.15) is 5.84 Å². The van der Waals surface area contributed by atoms with Crippen LogP contribution < -0.4 is 0 Å². The van der Waals surface area contributed by atoms with E-state index in [0.717, 1.165) is 17.1 Å². The smallest absolute Gasteiger partial charge is 0.137 e. The monoisotopic (exact) mass is 688 g/mol. The quantitative estimate of drug-likeness (QED) is 0.180. The van der Waals surface area contributed by atoms with E-state index in [1.165, 1.54) is 77.5 Å². The number of likely N-dealkylation sites (N-methyl/N-ethyl adjacent to an activating group) is 1. The minimum Gasteiger partial charge on any atom is -0.348 e. The predicted molar refractivity (Wildman–Crippen MR) is 223 cm³/mol. The van der Waals surface area contributed by atoms with E-state index < -0.39 is 5.41 Å². The Balaban J connectivity index is 1.13. The standard InChI is InChI=1S/C52H36N2/c1-54-50(43-22-13-17-38-16-5-6-18-40(38)43)48-49(44-21-9-12-25-47(44)52(48)45-23-10-7-19-41(45)42-20-8-11-24-46(42)52)53-51(54)39-32-30-37(31-33-39)36-28-26-35(27-29-36)34-14-3-2-4-15-34/h2-33,50H,1H3. The van der Waals surface area contributed by atoms with Crippen LogP contribution in [0.4, 0.5) is 0 Å². The topological polar surface area (TPSA) is 15.6 Å². The summed E-state index contributed by atoms with van der Waals surface area (Å²) in [5, 5.41) is 2.51. The van der Waals surface area contributed by atoms with Crippen LogP contribution in [0.1, 0.15) is 39.4 Å². The molecule has 0 radical (unpaired) electrons. The highest BCUT2D eigenvalue weighted by molar-refractivity contribution is 6.07. The van der Waals surface area contributed by atoms with Crippen LogP contribution in [0.2, 0.25) is 0 Å². The van der Waals surface area contributed by atoms with Gasteiger partial charge in [-0.3, -0.25) is 0 Å². The maximum absolute atomic E-state index is 5.73. The van der Waals surface area contributed by atoms with E-state index in [1.54, 1.807) is 0 Å².